The van der Waals surface area contributed by atoms with Crippen LogP contribution < -0.4 is 5.73 Å². The van der Waals surface area contributed by atoms with Crippen molar-refractivity contribution in [3.63, 3.8) is 0 Å². The maximum Gasteiger partial charge on any atom is 0.135 e. The molecule has 2 aliphatic rings. The molecule has 0 spiro atoms. The standard InChI is InChI=1S/C16H29N3O2/c1-2-16(20)12-3-5-13(6-4-12)18-19-14-7-9-15(10-8-14)21-11-17/h12-15H,2-11,17H2,1H3. The van der Waals surface area contributed by atoms with Gasteiger partial charge in [-0.25, -0.2) is 0 Å². The number of Topliss-reactive ketones (excluding diaryl/α,β-unsaturated/α-hetero) is 1. The van der Waals surface area contributed by atoms with Gasteiger partial charge in [-0.3, -0.25) is 4.79 Å². The lowest BCUT2D eigenvalue weighted by atomic mass is 9.83. The molecule has 0 amide bonds. The molecule has 2 N–H and O–H groups in total. The van der Waals surface area contributed by atoms with Crippen molar-refractivity contribution in [1.29, 1.82) is 0 Å². The van der Waals surface area contributed by atoms with E-state index in [9.17, 15) is 4.79 Å². The molecule has 0 unspecified atom stereocenters. The van der Waals surface area contributed by atoms with E-state index in [1.807, 2.05) is 6.92 Å². The monoisotopic (exact) mass is 295 g/mol. The second kappa shape index (κ2) is 8.59. The zero-order valence-electron chi connectivity index (χ0n) is 13.2. The summed E-state index contributed by atoms with van der Waals surface area (Å²) in [7, 11) is 0. The van der Waals surface area contributed by atoms with E-state index in [2.05, 4.69) is 10.2 Å². The van der Waals surface area contributed by atoms with E-state index in [0.717, 1.165) is 51.4 Å². The average molecular weight is 295 g/mol. The van der Waals surface area contributed by atoms with Crippen LogP contribution in [0.4, 0.5) is 0 Å². The fourth-order valence-electron chi connectivity index (χ4n) is 3.45. The van der Waals surface area contributed by atoms with Gasteiger partial charge in [-0.2, -0.15) is 10.2 Å². The predicted octanol–water partition coefficient (Wildman–Crippen LogP) is 3.22. The molecule has 0 aliphatic heterocycles. The highest BCUT2D eigenvalue weighted by molar-refractivity contribution is 5.80. The highest BCUT2D eigenvalue weighted by Gasteiger charge is 2.26. The van der Waals surface area contributed by atoms with E-state index < -0.39 is 0 Å². The SMILES string of the molecule is CCC(=O)C1CCC(N=NC2CCC(OCN)CC2)CC1. The molecular weight excluding hydrogens is 266 g/mol. The number of rotatable bonds is 6. The lowest BCUT2D eigenvalue weighted by Gasteiger charge is -2.27. The van der Waals surface area contributed by atoms with E-state index >= 15 is 0 Å². The number of hydrogen-bond acceptors (Lipinski definition) is 5. The quantitative estimate of drug-likeness (QED) is 0.603. The molecule has 0 bridgehead atoms. The number of carbonyl (C=O) groups excluding carboxylic acids is 1. The van der Waals surface area contributed by atoms with Gasteiger partial charge >= 0.3 is 0 Å². The first kappa shape index (κ1) is 16.6. The molecule has 120 valence electrons. The van der Waals surface area contributed by atoms with Gasteiger partial charge in [0.05, 0.1) is 24.9 Å². The molecule has 2 aliphatic carbocycles. The number of ketones is 1. The van der Waals surface area contributed by atoms with Gasteiger partial charge in [-0.1, -0.05) is 6.92 Å². The molecule has 0 radical (unpaired) electrons. The molecule has 0 aromatic carbocycles. The van der Waals surface area contributed by atoms with Crippen LogP contribution in [0.3, 0.4) is 0 Å². The van der Waals surface area contributed by atoms with Crippen LogP contribution in [0.1, 0.15) is 64.7 Å². The van der Waals surface area contributed by atoms with Gasteiger partial charge in [-0.05, 0) is 51.4 Å². The number of ether oxygens (including phenoxy) is 1. The third-order valence-corrected chi connectivity index (χ3v) is 4.87. The van der Waals surface area contributed by atoms with Gasteiger partial charge in [0.2, 0.25) is 0 Å². The Morgan fingerprint density at radius 3 is 2.00 bits per heavy atom. The van der Waals surface area contributed by atoms with Gasteiger partial charge in [0, 0.05) is 12.3 Å². The minimum Gasteiger partial charge on any atom is -0.363 e. The molecule has 2 saturated carbocycles. The number of azo groups is 1. The zero-order chi connectivity index (χ0) is 15.1. The van der Waals surface area contributed by atoms with Crippen LogP contribution in [0.15, 0.2) is 10.2 Å². The maximum atomic E-state index is 11.7. The molecule has 21 heavy (non-hydrogen) atoms. The summed E-state index contributed by atoms with van der Waals surface area (Å²) in [6.07, 6.45) is 9.20. The lowest BCUT2D eigenvalue weighted by molar-refractivity contribution is -0.123. The van der Waals surface area contributed by atoms with E-state index in [4.69, 9.17) is 10.5 Å². The third-order valence-electron chi connectivity index (χ3n) is 4.87. The number of nitrogens with two attached hydrogens (primary N) is 1. The van der Waals surface area contributed by atoms with E-state index in [-0.39, 0.29) is 5.92 Å². The van der Waals surface area contributed by atoms with Crippen molar-refractivity contribution in [3.8, 4) is 0 Å². The van der Waals surface area contributed by atoms with Gasteiger partial charge < -0.3 is 10.5 Å². The zero-order valence-corrected chi connectivity index (χ0v) is 13.2. The Hall–Kier alpha value is -0.810. The molecule has 2 fully saturated rings. The molecule has 2 rings (SSSR count). The summed E-state index contributed by atoms with van der Waals surface area (Å²) in [5.41, 5.74) is 5.40. The summed E-state index contributed by atoms with van der Waals surface area (Å²) in [4.78, 5) is 11.7. The Morgan fingerprint density at radius 2 is 1.52 bits per heavy atom. The summed E-state index contributed by atoms with van der Waals surface area (Å²) in [6.45, 7) is 2.27. The van der Waals surface area contributed by atoms with Crippen LogP contribution in [-0.4, -0.2) is 30.7 Å². The van der Waals surface area contributed by atoms with Crippen LogP contribution >= 0.6 is 0 Å². The van der Waals surface area contributed by atoms with Gasteiger partial charge in [0.15, 0.2) is 0 Å². The first-order chi connectivity index (χ1) is 10.2. The van der Waals surface area contributed by atoms with Crippen molar-refractivity contribution < 1.29 is 9.53 Å². The Kier molecular flexibility index (Phi) is 6.77. The normalized spacial score (nSPS) is 34.2. The van der Waals surface area contributed by atoms with Crippen LogP contribution in [0, 0.1) is 5.92 Å². The van der Waals surface area contributed by atoms with Crippen molar-refractivity contribution in [1.82, 2.24) is 0 Å². The van der Waals surface area contributed by atoms with Crippen LogP contribution in [0.5, 0.6) is 0 Å². The minimum atomic E-state index is 0.283. The van der Waals surface area contributed by atoms with Crippen LogP contribution in [0.2, 0.25) is 0 Å². The molecule has 0 atom stereocenters. The minimum absolute atomic E-state index is 0.283. The second-order valence-corrected chi connectivity index (χ2v) is 6.32. The molecule has 0 heterocycles. The maximum absolute atomic E-state index is 11.7. The summed E-state index contributed by atoms with van der Waals surface area (Å²) in [5.74, 6) is 0.703. The van der Waals surface area contributed by atoms with Crippen molar-refractivity contribution >= 4 is 5.78 Å². The summed E-state index contributed by atoms with van der Waals surface area (Å²) >= 11 is 0. The number of nitrogens with zero attached hydrogens (tertiary/aromatic N) is 2. The second-order valence-electron chi connectivity index (χ2n) is 6.32. The first-order valence-corrected chi connectivity index (χ1v) is 8.47. The fraction of sp³-hybridized carbons (Fsp3) is 0.938. The molecular formula is C16H29N3O2. The lowest BCUT2D eigenvalue weighted by Crippen LogP contribution is -2.26. The van der Waals surface area contributed by atoms with E-state index in [1.54, 1.807) is 0 Å². The van der Waals surface area contributed by atoms with Crippen molar-refractivity contribution in [2.45, 2.75) is 82.9 Å². The highest BCUT2D eigenvalue weighted by Crippen LogP contribution is 2.29. The predicted molar refractivity (Wildman–Crippen MR) is 82.1 cm³/mol. The largest absolute Gasteiger partial charge is 0.363 e. The summed E-state index contributed by atoms with van der Waals surface area (Å²) in [5, 5.41) is 9.09. The Balaban J connectivity index is 1.68. The Morgan fingerprint density at radius 1 is 1.00 bits per heavy atom. The van der Waals surface area contributed by atoms with Crippen LogP contribution in [0.25, 0.3) is 0 Å². The van der Waals surface area contributed by atoms with Crippen molar-refractivity contribution in [2.75, 3.05) is 6.73 Å². The molecule has 0 saturated heterocycles. The van der Waals surface area contributed by atoms with E-state index in [1.165, 1.54) is 0 Å². The summed E-state index contributed by atoms with van der Waals surface area (Å²) in [6, 6.07) is 0.696. The number of hydrogen-bond donors (Lipinski definition) is 1. The van der Waals surface area contributed by atoms with Crippen LogP contribution in [-0.2, 0) is 9.53 Å². The smallest absolute Gasteiger partial charge is 0.135 e. The van der Waals surface area contributed by atoms with Crippen molar-refractivity contribution in [3.05, 3.63) is 0 Å². The van der Waals surface area contributed by atoms with Gasteiger partial charge in [0.25, 0.3) is 0 Å². The number of carbonyl (C=O) groups is 1. The molecule has 0 aromatic heterocycles. The third kappa shape index (κ3) is 5.15. The topological polar surface area (TPSA) is 77.0 Å². The average Bonchev–Trinajstić information content (AvgIpc) is 2.54. The molecule has 5 heteroatoms. The first-order valence-electron chi connectivity index (χ1n) is 8.47. The van der Waals surface area contributed by atoms with Crippen molar-refractivity contribution in [2.24, 2.45) is 21.9 Å². The summed E-state index contributed by atoms with van der Waals surface area (Å²) < 4.78 is 5.44. The highest BCUT2D eigenvalue weighted by atomic mass is 16.5. The molecule has 0 aromatic rings. The van der Waals surface area contributed by atoms with Gasteiger partial charge in [-0.15, -0.1) is 0 Å². The van der Waals surface area contributed by atoms with Gasteiger partial charge in [0.1, 0.15) is 5.78 Å². The van der Waals surface area contributed by atoms with E-state index in [0.29, 0.717) is 37.1 Å². The fourth-order valence-corrected chi connectivity index (χ4v) is 3.45. The Bertz CT molecular complexity index is 343. The molecule has 5 nitrogen and oxygen atoms in total. The Labute approximate surface area is 127 Å².